The SMILES string of the molecule is CN(CC#Cc1ccc(OC(F)(F)F)cc1)CCO. The molecule has 1 N–H and O–H groups in total. The maximum atomic E-state index is 11.9. The normalized spacial score (nSPS) is 11.1. The van der Waals surface area contributed by atoms with Crippen molar-refractivity contribution in [2.45, 2.75) is 6.36 Å². The molecule has 1 aromatic carbocycles. The summed E-state index contributed by atoms with van der Waals surface area (Å²) in [6.45, 7) is 1.05. The highest BCUT2D eigenvalue weighted by Crippen LogP contribution is 2.22. The predicted octanol–water partition coefficient (Wildman–Crippen LogP) is 1.86. The lowest BCUT2D eigenvalue weighted by atomic mass is 10.2. The number of benzene rings is 1. The maximum Gasteiger partial charge on any atom is 0.573 e. The van der Waals surface area contributed by atoms with E-state index in [9.17, 15) is 13.2 Å². The van der Waals surface area contributed by atoms with E-state index in [-0.39, 0.29) is 12.4 Å². The van der Waals surface area contributed by atoms with Crippen molar-refractivity contribution >= 4 is 0 Å². The number of hydrogen-bond acceptors (Lipinski definition) is 3. The topological polar surface area (TPSA) is 32.7 Å². The molecule has 0 fully saturated rings. The van der Waals surface area contributed by atoms with Crippen molar-refractivity contribution in [2.24, 2.45) is 0 Å². The number of alkyl halides is 3. The van der Waals surface area contributed by atoms with Crippen molar-refractivity contribution < 1.29 is 23.0 Å². The van der Waals surface area contributed by atoms with Crippen molar-refractivity contribution in [1.82, 2.24) is 4.90 Å². The fourth-order valence-corrected chi connectivity index (χ4v) is 1.27. The van der Waals surface area contributed by atoms with Crippen molar-refractivity contribution in [3.63, 3.8) is 0 Å². The van der Waals surface area contributed by atoms with Gasteiger partial charge in [0.15, 0.2) is 0 Å². The van der Waals surface area contributed by atoms with Crippen LogP contribution in [-0.2, 0) is 0 Å². The van der Waals surface area contributed by atoms with E-state index in [4.69, 9.17) is 5.11 Å². The van der Waals surface area contributed by atoms with Crippen LogP contribution in [0.3, 0.4) is 0 Å². The molecule has 6 heteroatoms. The average Bonchev–Trinajstić information content (AvgIpc) is 2.30. The van der Waals surface area contributed by atoms with E-state index in [1.54, 1.807) is 0 Å². The molecule has 0 aliphatic carbocycles. The molecule has 0 saturated carbocycles. The second-order valence-corrected chi connectivity index (χ2v) is 3.84. The van der Waals surface area contributed by atoms with Crippen LogP contribution in [-0.4, -0.2) is 43.1 Å². The van der Waals surface area contributed by atoms with Crippen LogP contribution in [0.2, 0.25) is 0 Å². The van der Waals surface area contributed by atoms with Gasteiger partial charge in [0, 0.05) is 12.1 Å². The van der Waals surface area contributed by atoms with Gasteiger partial charge in [-0.15, -0.1) is 13.2 Å². The zero-order valence-corrected chi connectivity index (χ0v) is 10.4. The Morgan fingerprint density at radius 1 is 1.26 bits per heavy atom. The summed E-state index contributed by atoms with van der Waals surface area (Å²) in [6.07, 6.45) is -4.68. The van der Waals surface area contributed by atoms with E-state index in [0.717, 1.165) is 0 Å². The summed E-state index contributed by atoms with van der Waals surface area (Å²) in [6, 6.07) is 5.35. The second kappa shape index (κ2) is 7.02. The fourth-order valence-electron chi connectivity index (χ4n) is 1.27. The minimum atomic E-state index is -4.68. The maximum absolute atomic E-state index is 11.9. The van der Waals surface area contributed by atoms with Crippen LogP contribution < -0.4 is 4.74 Å². The molecule has 1 rings (SSSR count). The Morgan fingerprint density at radius 2 is 1.89 bits per heavy atom. The lowest BCUT2D eigenvalue weighted by Crippen LogP contribution is -2.22. The fraction of sp³-hybridized carbons (Fsp3) is 0.385. The molecule has 0 unspecified atom stereocenters. The van der Waals surface area contributed by atoms with Crippen molar-refractivity contribution in [3.8, 4) is 17.6 Å². The van der Waals surface area contributed by atoms with Crippen molar-refractivity contribution in [1.29, 1.82) is 0 Å². The quantitative estimate of drug-likeness (QED) is 0.850. The first-order chi connectivity index (χ1) is 8.90. The van der Waals surface area contributed by atoms with Gasteiger partial charge in [0.05, 0.1) is 13.2 Å². The van der Waals surface area contributed by atoms with Crippen LogP contribution in [0.15, 0.2) is 24.3 Å². The molecule has 19 heavy (non-hydrogen) atoms. The van der Waals surface area contributed by atoms with E-state index in [0.29, 0.717) is 18.7 Å². The van der Waals surface area contributed by atoms with E-state index in [1.165, 1.54) is 24.3 Å². The summed E-state index contributed by atoms with van der Waals surface area (Å²) in [4.78, 5) is 1.83. The molecule has 0 heterocycles. The highest BCUT2D eigenvalue weighted by Gasteiger charge is 2.30. The van der Waals surface area contributed by atoms with E-state index in [2.05, 4.69) is 16.6 Å². The molecule has 0 radical (unpaired) electrons. The summed E-state index contributed by atoms with van der Waals surface area (Å²) in [5.74, 6) is 5.40. The van der Waals surface area contributed by atoms with Crippen molar-refractivity contribution in [3.05, 3.63) is 29.8 Å². The molecule has 1 aromatic rings. The van der Waals surface area contributed by atoms with Gasteiger partial charge in [0.1, 0.15) is 5.75 Å². The highest BCUT2D eigenvalue weighted by molar-refractivity contribution is 5.38. The van der Waals surface area contributed by atoms with Gasteiger partial charge >= 0.3 is 6.36 Å². The number of nitrogens with zero attached hydrogens (tertiary/aromatic N) is 1. The monoisotopic (exact) mass is 273 g/mol. The molecular weight excluding hydrogens is 259 g/mol. The Kier molecular flexibility index (Phi) is 5.67. The summed E-state index contributed by atoms with van der Waals surface area (Å²) >= 11 is 0. The van der Waals surface area contributed by atoms with Gasteiger partial charge in [-0.05, 0) is 31.3 Å². The number of likely N-dealkylation sites (N-methyl/N-ethyl adjacent to an activating group) is 1. The third kappa shape index (κ3) is 6.70. The van der Waals surface area contributed by atoms with Crippen LogP contribution in [0, 0.1) is 11.8 Å². The third-order valence-electron chi connectivity index (χ3n) is 2.15. The Balaban J connectivity index is 2.55. The molecular formula is C13H14F3NO2. The number of ether oxygens (including phenoxy) is 1. The number of hydrogen-bond donors (Lipinski definition) is 1. The summed E-state index contributed by atoms with van der Waals surface area (Å²) < 4.78 is 39.5. The zero-order valence-electron chi connectivity index (χ0n) is 10.4. The first-order valence-corrected chi connectivity index (χ1v) is 5.55. The lowest BCUT2D eigenvalue weighted by Gasteiger charge is -2.09. The van der Waals surface area contributed by atoms with E-state index >= 15 is 0 Å². The number of aliphatic hydroxyl groups excluding tert-OH is 1. The predicted molar refractivity (Wildman–Crippen MR) is 64.6 cm³/mol. The molecule has 0 spiro atoms. The van der Waals surface area contributed by atoms with Crippen LogP contribution in [0.4, 0.5) is 13.2 Å². The molecule has 0 aromatic heterocycles. The number of rotatable bonds is 4. The van der Waals surface area contributed by atoms with E-state index in [1.807, 2.05) is 11.9 Å². The Labute approximate surface area is 109 Å². The molecule has 0 aliphatic heterocycles. The van der Waals surface area contributed by atoms with Gasteiger partial charge in [-0.3, -0.25) is 4.90 Å². The third-order valence-corrected chi connectivity index (χ3v) is 2.15. The van der Waals surface area contributed by atoms with Crippen molar-refractivity contribution in [2.75, 3.05) is 26.7 Å². The minimum Gasteiger partial charge on any atom is -0.406 e. The Morgan fingerprint density at radius 3 is 2.42 bits per heavy atom. The van der Waals surface area contributed by atoms with Gasteiger partial charge in [-0.1, -0.05) is 11.8 Å². The number of aliphatic hydroxyl groups is 1. The summed E-state index contributed by atoms with van der Waals surface area (Å²) in [5, 5.41) is 8.68. The smallest absolute Gasteiger partial charge is 0.406 e. The minimum absolute atomic E-state index is 0.0572. The van der Waals surface area contributed by atoms with E-state index < -0.39 is 6.36 Å². The van der Waals surface area contributed by atoms with Crippen LogP contribution in [0.25, 0.3) is 0 Å². The molecule has 0 aliphatic rings. The van der Waals surface area contributed by atoms with Crippen LogP contribution >= 0.6 is 0 Å². The standard InChI is InChI=1S/C13H14F3NO2/c1-17(9-10-18)8-2-3-11-4-6-12(7-5-11)19-13(14,15)16/h4-7,18H,8-10H2,1H3. The van der Waals surface area contributed by atoms with Gasteiger partial charge < -0.3 is 9.84 Å². The summed E-state index contributed by atoms with van der Waals surface area (Å²) in [5.41, 5.74) is 0.604. The average molecular weight is 273 g/mol. The van der Waals surface area contributed by atoms with Crippen LogP contribution in [0.5, 0.6) is 5.75 Å². The Hall–Kier alpha value is -1.71. The first kappa shape index (κ1) is 15.3. The zero-order chi connectivity index (χ0) is 14.3. The Bertz CT molecular complexity index is 446. The number of halogens is 3. The molecule has 0 atom stereocenters. The largest absolute Gasteiger partial charge is 0.573 e. The molecule has 3 nitrogen and oxygen atoms in total. The summed E-state index contributed by atoms with van der Waals surface area (Å²) in [7, 11) is 1.81. The lowest BCUT2D eigenvalue weighted by molar-refractivity contribution is -0.274. The van der Waals surface area contributed by atoms with Gasteiger partial charge in [-0.25, -0.2) is 0 Å². The molecule has 0 amide bonds. The van der Waals surface area contributed by atoms with Gasteiger partial charge in [0.25, 0.3) is 0 Å². The highest BCUT2D eigenvalue weighted by atomic mass is 19.4. The van der Waals surface area contributed by atoms with Crippen LogP contribution in [0.1, 0.15) is 5.56 Å². The molecule has 104 valence electrons. The van der Waals surface area contributed by atoms with Gasteiger partial charge in [0.2, 0.25) is 0 Å². The molecule has 0 saturated heterocycles. The molecule has 0 bridgehead atoms. The second-order valence-electron chi connectivity index (χ2n) is 3.84. The van der Waals surface area contributed by atoms with Gasteiger partial charge in [-0.2, -0.15) is 0 Å². The first-order valence-electron chi connectivity index (χ1n) is 5.55.